The van der Waals surface area contributed by atoms with Crippen molar-refractivity contribution in [3.63, 3.8) is 0 Å². The van der Waals surface area contributed by atoms with Gasteiger partial charge >= 0.3 is 0 Å². The van der Waals surface area contributed by atoms with Crippen LogP contribution in [-0.2, 0) is 6.42 Å². The lowest BCUT2D eigenvalue weighted by molar-refractivity contribution is 0.0935. The highest BCUT2D eigenvalue weighted by Crippen LogP contribution is 2.22. The topological polar surface area (TPSA) is 71.3 Å². The zero-order chi connectivity index (χ0) is 22.3. The number of carbonyl (C=O) groups is 2. The van der Waals surface area contributed by atoms with E-state index in [4.69, 9.17) is 4.42 Å². The predicted molar refractivity (Wildman–Crippen MR) is 125 cm³/mol. The molecule has 0 aliphatic carbocycles. The zero-order valence-electron chi connectivity index (χ0n) is 17.7. The van der Waals surface area contributed by atoms with Crippen LogP contribution in [0.3, 0.4) is 0 Å². The first-order valence-electron chi connectivity index (χ1n) is 10.5. The zero-order valence-corrected chi connectivity index (χ0v) is 17.7. The molecule has 160 valence electrons. The normalized spacial score (nSPS) is 11.5. The largest absolute Gasteiger partial charge is 0.459 e. The first-order valence-corrected chi connectivity index (χ1v) is 10.5. The number of amides is 2. The van der Waals surface area contributed by atoms with Gasteiger partial charge in [0, 0.05) is 11.3 Å². The maximum Gasteiger partial charge on any atom is 0.291 e. The molecule has 1 unspecified atom stereocenters. The Bertz CT molecular complexity index is 1190. The minimum Gasteiger partial charge on any atom is -0.459 e. The fourth-order valence-corrected chi connectivity index (χ4v) is 3.52. The molecule has 4 rings (SSSR count). The number of nitrogens with one attached hydrogen (secondary N) is 2. The van der Waals surface area contributed by atoms with Crippen molar-refractivity contribution in [2.24, 2.45) is 0 Å². The van der Waals surface area contributed by atoms with Crippen LogP contribution >= 0.6 is 0 Å². The van der Waals surface area contributed by atoms with Crippen molar-refractivity contribution < 1.29 is 14.0 Å². The highest BCUT2D eigenvalue weighted by molar-refractivity contribution is 6.04. The molecule has 0 bridgehead atoms. The number of carbonyl (C=O) groups excluding carboxylic acids is 2. The third-order valence-electron chi connectivity index (χ3n) is 5.28. The highest BCUT2D eigenvalue weighted by Gasteiger charge is 2.18. The number of anilines is 1. The Morgan fingerprint density at radius 3 is 2.25 bits per heavy atom. The molecule has 5 heteroatoms. The summed E-state index contributed by atoms with van der Waals surface area (Å²) in [6, 6.07) is 28.3. The van der Waals surface area contributed by atoms with Crippen LogP contribution in [0.5, 0.6) is 0 Å². The van der Waals surface area contributed by atoms with Crippen molar-refractivity contribution in [1.82, 2.24) is 5.32 Å². The molecule has 4 aromatic rings. The van der Waals surface area contributed by atoms with Gasteiger partial charge in [0.25, 0.3) is 11.8 Å². The standard InChI is InChI=1S/C27H24N2O3/c1-19-14-15-22(18-23(19)28-27(31)25-13-8-16-32-25)26(30)29-24(21-11-6-3-7-12-21)17-20-9-4-2-5-10-20/h2-16,18,24H,17H2,1H3,(H,28,31)(H,29,30). The first kappa shape index (κ1) is 21.1. The van der Waals surface area contributed by atoms with E-state index in [0.717, 1.165) is 16.7 Å². The second kappa shape index (κ2) is 9.79. The second-order valence-electron chi connectivity index (χ2n) is 7.59. The molecule has 1 atom stereocenters. The Kier molecular flexibility index (Phi) is 6.46. The molecule has 0 saturated heterocycles. The Morgan fingerprint density at radius 1 is 0.844 bits per heavy atom. The van der Waals surface area contributed by atoms with Gasteiger partial charge in [0.05, 0.1) is 12.3 Å². The van der Waals surface area contributed by atoms with Gasteiger partial charge in [-0.1, -0.05) is 66.7 Å². The third-order valence-corrected chi connectivity index (χ3v) is 5.28. The van der Waals surface area contributed by atoms with E-state index in [0.29, 0.717) is 17.7 Å². The van der Waals surface area contributed by atoms with Crippen molar-refractivity contribution >= 4 is 17.5 Å². The molecule has 1 heterocycles. The van der Waals surface area contributed by atoms with Gasteiger partial charge in [-0.3, -0.25) is 9.59 Å². The molecule has 32 heavy (non-hydrogen) atoms. The summed E-state index contributed by atoms with van der Waals surface area (Å²) in [4.78, 5) is 25.5. The summed E-state index contributed by atoms with van der Waals surface area (Å²) in [6.45, 7) is 1.88. The molecule has 5 nitrogen and oxygen atoms in total. The maximum atomic E-state index is 13.2. The van der Waals surface area contributed by atoms with Crippen LogP contribution in [0.25, 0.3) is 0 Å². The van der Waals surface area contributed by atoms with Crippen molar-refractivity contribution in [3.8, 4) is 0 Å². The average molecular weight is 425 g/mol. The summed E-state index contributed by atoms with van der Waals surface area (Å²) < 4.78 is 5.15. The number of benzene rings is 3. The Hall–Kier alpha value is -4.12. The number of hydrogen-bond acceptors (Lipinski definition) is 3. The van der Waals surface area contributed by atoms with E-state index in [-0.39, 0.29) is 23.6 Å². The van der Waals surface area contributed by atoms with E-state index >= 15 is 0 Å². The monoisotopic (exact) mass is 424 g/mol. The van der Waals surface area contributed by atoms with Gasteiger partial charge in [-0.05, 0) is 54.3 Å². The second-order valence-corrected chi connectivity index (χ2v) is 7.59. The molecule has 0 spiro atoms. The summed E-state index contributed by atoms with van der Waals surface area (Å²) in [5.74, 6) is -0.351. The molecule has 0 fully saturated rings. The maximum absolute atomic E-state index is 13.2. The molecule has 0 aliphatic rings. The van der Waals surface area contributed by atoms with Gasteiger partial charge in [-0.2, -0.15) is 0 Å². The molecular formula is C27H24N2O3. The van der Waals surface area contributed by atoms with Crippen LogP contribution in [-0.4, -0.2) is 11.8 Å². The summed E-state index contributed by atoms with van der Waals surface area (Å²) in [5.41, 5.74) is 4.06. The molecular weight excluding hydrogens is 400 g/mol. The van der Waals surface area contributed by atoms with Gasteiger partial charge in [0.1, 0.15) is 0 Å². The Labute approximate surface area is 187 Å². The quantitative estimate of drug-likeness (QED) is 0.408. The van der Waals surface area contributed by atoms with Crippen LogP contribution in [0, 0.1) is 6.92 Å². The van der Waals surface area contributed by atoms with Gasteiger partial charge in [0.2, 0.25) is 0 Å². The van der Waals surface area contributed by atoms with Gasteiger partial charge in [-0.25, -0.2) is 0 Å². The Morgan fingerprint density at radius 2 is 1.56 bits per heavy atom. The van der Waals surface area contributed by atoms with Crippen LogP contribution in [0.2, 0.25) is 0 Å². The molecule has 2 amide bonds. The minimum atomic E-state index is -0.359. The van der Waals surface area contributed by atoms with E-state index in [9.17, 15) is 9.59 Å². The lowest BCUT2D eigenvalue weighted by atomic mass is 9.98. The van der Waals surface area contributed by atoms with E-state index < -0.39 is 0 Å². The van der Waals surface area contributed by atoms with Crippen LogP contribution in [0.1, 0.15) is 43.6 Å². The average Bonchev–Trinajstić information content (AvgIpc) is 3.36. The number of furan rings is 1. The smallest absolute Gasteiger partial charge is 0.291 e. The number of hydrogen-bond donors (Lipinski definition) is 2. The van der Waals surface area contributed by atoms with E-state index in [1.165, 1.54) is 6.26 Å². The summed E-state index contributed by atoms with van der Waals surface area (Å²) in [5, 5.41) is 5.98. The van der Waals surface area contributed by atoms with Crippen molar-refractivity contribution in [1.29, 1.82) is 0 Å². The van der Waals surface area contributed by atoms with E-state index in [2.05, 4.69) is 22.8 Å². The fourth-order valence-electron chi connectivity index (χ4n) is 3.52. The lowest BCUT2D eigenvalue weighted by Gasteiger charge is -2.20. The van der Waals surface area contributed by atoms with E-state index in [1.807, 2.05) is 61.5 Å². The van der Waals surface area contributed by atoms with Crippen LogP contribution < -0.4 is 10.6 Å². The highest BCUT2D eigenvalue weighted by atomic mass is 16.3. The minimum absolute atomic E-state index is 0.187. The molecule has 0 radical (unpaired) electrons. The summed E-state index contributed by atoms with van der Waals surface area (Å²) in [6.07, 6.45) is 2.12. The first-order chi connectivity index (χ1) is 15.6. The molecule has 0 aliphatic heterocycles. The third kappa shape index (κ3) is 5.13. The molecule has 2 N–H and O–H groups in total. The number of rotatable bonds is 7. The van der Waals surface area contributed by atoms with E-state index in [1.54, 1.807) is 24.3 Å². The van der Waals surface area contributed by atoms with Gasteiger partial charge in [0.15, 0.2) is 5.76 Å². The van der Waals surface area contributed by atoms with Gasteiger partial charge in [-0.15, -0.1) is 0 Å². The molecule has 0 saturated carbocycles. The summed E-state index contributed by atoms with van der Waals surface area (Å²) >= 11 is 0. The Balaban J connectivity index is 1.54. The SMILES string of the molecule is Cc1ccc(C(=O)NC(Cc2ccccc2)c2ccccc2)cc1NC(=O)c1ccco1. The predicted octanol–water partition coefficient (Wildman–Crippen LogP) is 5.55. The van der Waals surface area contributed by atoms with Crippen molar-refractivity contribution in [3.05, 3.63) is 125 Å². The lowest BCUT2D eigenvalue weighted by Crippen LogP contribution is -2.30. The summed E-state index contributed by atoms with van der Waals surface area (Å²) in [7, 11) is 0. The van der Waals surface area contributed by atoms with Crippen molar-refractivity contribution in [2.45, 2.75) is 19.4 Å². The van der Waals surface area contributed by atoms with Crippen LogP contribution in [0.4, 0.5) is 5.69 Å². The fraction of sp³-hybridized carbons (Fsp3) is 0.111. The molecule has 3 aromatic carbocycles. The van der Waals surface area contributed by atoms with Gasteiger partial charge < -0.3 is 15.1 Å². The van der Waals surface area contributed by atoms with Crippen molar-refractivity contribution in [2.75, 3.05) is 5.32 Å². The molecule has 1 aromatic heterocycles. The number of aryl methyl sites for hydroxylation is 1. The van der Waals surface area contributed by atoms with Crippen LogP contribution in [0.15, 0.2) is 102 Å².